The maximum Gasteiger partial charge on any atom is 0.340 e. The topological polar surface area (TPSA) is 55.7 Å². The first-order valence-electron chi connectivity index (χ1n) is 6.52. The van der Waals surface area contributed by atoms with Crippen LogP contribution in [0.5, 0.6) is 0 Å². The number of methoxy groups -OCH3 is 1. The maximum absolute atomic E-state index is 11.6. The quantitative estimate of drug-likeness (QED) is 0.326. The standard InChI is InChI=1S/C15H19NO3/c1-3-4-5-6-8-12-9-7-10-13(15(18)19-2)14(12)16-11-17/h7,9-10H,3-6,8H2,1-2H3. The lowest BCUT2D eigenvalue weighted by Crippen LogP contribution is -2.03. The minimum atomic E-state index is -0.482. The van der Waals surface area contributed by atoms with Crippen LogP contribution in [0.4, 0.5) is 5.69 Å². The zero-order chi connectivity index (χ0) is 14.1. The van der Waals surface area contributed by atoms with Crippen molar-refractivity contribution < 1.29 is 14.3 Å². The normalized spacial score (nSPS) is 9.79. The molecule has 0 fully saturated rings. The van der Waals surface area contributed by atoms with Gasteiger partial charge in [-0.1, -0.05) is 38.3 Å². The van der Waals surface area contributed by atoms with Crippen LogP contribution >= 0.6 is 0 Å². The van der Waals surface area contributed by atoms with Crippen LogP contribution in [0, 0.1) is 0 Å². The largest absolute Gasteiger partial charge is 0.465 e. The fraction of sp³-hybridized carbons (Fsp3) is 0.467. The first-order valence-corrected chi connectivity index (χ1v) is 6.52. The van der Waals surface area contributed by atoms with Crippen LogP contribution in [0.1, 0.15) is 48.5 Å². The molecule has 0 radical (unpaired) electrons. The highest BCUT2D eigenvalue weighted by molar-refractivity contribution is 5.96. The molecule has 4 heteroatoms. The van der Waals surface area contributed by atoms with E-state index >= 15 is 0 Å². The van der Waals surface area contributed by atoms with E-state index in [2.05, 4.69) is 11.9 Å². The van der Waals surface area contributed by atoms with Crippen molar-refractivity contribution in [3.63, 3.8) is 0 Å². The van der Waals surface area contributed by atoms with Crippen LogP contribution in [-0.4, -0.2) is 19.2 Å². The summed E-state index contributed by atoms with van der Waals surface area (Å²) in [6, 6.07) is 5.28. The number of nitrogens with zero attached hydrogens (tertiary/aromatic N) is 1. The van der Waals surface area contributed by atoms with Gasteiger partial charge in [-0.05, 0) is 24.5 Å². The van der Waals surface area contributed by atoms with E-state index in [1.807, 2.05) is 6.07 Å². The first kappa shape index (κ1) is 15.1. The molecule has 0 spiro atoms. The number of hydrogen-bond donors (Lipinski definition) is 0. The molecule has 0 amide bonds. The van der Waals surface area contributed by atoms with Crippen molar-refractivity contribution in [1.29, 1.82) is 0 Å². The van der Waals surface area contributed by atoms with Gasteiger partial charge < -0.3 is 4.74 Å². The summed E-state index contributed by atoms with van der Waals surface area (Å²) in [6.45, 7) is 2.15. The average Bonchev–Trinajstić information content (AvgIpc) is 2.44. The van der Waals surface area contributed by atoms with E-state index in [9.17, 15) is 9.59 Å². The molecule has 1 rings (SSSR count). The number of aryl methyl sites for hydroxylation is 1. The van der Waals surface area contributed by atoms with Crippen LogP contribution in [-0.2, 0) is 16.0 Å². The van der Waals surface area contributed by atoms with Crippen molar-refractivity contribution >= 4 is 17.7 Å². The van der Waals surface area contributed by atoms with Gasteiger partial charge in [0.25, 0.3) is 0 Å². The Morgan fingerprint density at radius 1 is 1.32 bits per heavy atom. The van der Waals surface area contributed by atoms with Gasteiger partial charge in [0.05, 0.1) is 18.4 Å². The summed E-state index contributed by atoms with van der Waals surface area (Å²) in [5, 5.41) is 0. The van der Waals surface area contributed by atoms with Crippen LogP contribution in [0.2, 0.25) is 0 Å². The molecule has 0 aliphatic rings. The molecule has 0 saturated heterocycles. The van der Waals surface area contributed by atoms with Crippen molar-refractivity contribution in [2.45, 2.75) is 39.0 Å². The Hall–Kier alpha value is -1.93. The number of rotatable bonds is 7. The van der Waals surface area contributed by atoms with Gasteiger partial charge in [-0.3, -0.25) is 0 Å². The number of carbonyl (C=O) groups excluding carboxylic acids is 2. The lowest BCUT2D eigenvalue weighted by molar-refractivity contribution is 0.0601. The smallest absolute Gasteiger partial charge is 0.340 e. The van der Waals surface area contributed by atoms with Gasteiger partial charge in [0.15, 0.2) is 0 Å². The molecule has 0 aliphatic carbocycles. The second-order valence-electron chi connectivity index (χ2n) is 4.32. The van der Waals surface area contributed by atoms with E-state index in [4.69, 9.17) is 4.74 Å². The predicted molar refractivity (Wildman–Crippen MR) is 73.4 cm³/mol. The van der Waals surface area contributed by atoms with Gasteiger partial charge in [0.1, 0.15) is 0 Å². The number of para-hydroxylation sites is 1. The fourth-order valence-electron chi connectivity index (χ4n) is 1.99. The summed E-state index contributed by atoms with van der Waals surface area (Å²) in [7, 11) is 1.31. The predicted octanol–water partition coefficient (Wildman–Crippen LogP) is 3.56. The molecule has 4 nitrogen and oxygen atoms in total. The molecule has 0 aliphatic heterocycles. The summed E-state index contributed by atoms with van der Waals surface area (Å²) in [5.41, 5.74) is 1.60. The Balaban J connectivity index is 2.96. The SMILES string of the molecule is CCCCCCc1cccc(C(=O)OC)c1N=C=O. The summed E-state index contributed by atoms with van der Waals surface area (Å²) >= 11 is 0. The van der Waals surface area contributed by atoms with Gasteiger partial charge in [-0.25, -0.2) is 9.59 Å². The molecule has 1 aromatic rings. The molecular formula is C15H19NO3. The third kappa shape index (κ3) is 4.34. The first-order chi connectivity index (χ1) is 9.24. The number of ether oxygens (including phenoxy) is 1. The molecule has 102 valence electrons. The number of esters is 1. The van der Waals surface area contributed by atoms with Crippen molar-refractivity contribution in [3.8, 4) is 0 Å². The van der Waals surface area contributed by atoms with Gasteiger partial charge in [-0.15, -0.1) is 0 Å². The van der Waals surface area contributed by atoms with Crippen LogP contribution in [0.3, 0.4) is 0 Å². The highest BCUT2D eigenvalue weighted by Gasteiger charge is 2.14. The van der Waals surface area contributed by atoms with Gasteiger partial charge in [0.2, 0.25) is 6.08 Å². The molecule has 0 saturated carbocycles. The second-order valence-corrected chi connectivity index (χ2v) is 4.32. The molecule has 0 bridgehead atoms. The number of carbonyl (C=O) groups is 1. The second kappa shape index (κ2) is 8.22. The molecule has 0 aromatic heterocycles. The summed E-state index contributed by atoms with van der Waals surface area (Å²) < 4.78 is 4.69. The van der Waals surface area contributed by atoms with Crippen LogP contribution in [0.25, 0.3) is 0 Å². The number of unbranched alkanes of at least 4 members (excludes halogenated alkanes) is 3. The molecular weight excluding hydrogens is 242 g/mol. The van der Waals surface area contributed by atoms with E-state index in [1.165, 1.54) is 26.0 Å². The number of isocyanates is 1. The van der Waals surface area contributed by atoms with E-state index in [-0.39, 0.29) is 0 Å². The van der Waals surface area contributed by atoms with E-state index in [0.717, 1.165) is 24.8 Å². The van der Waals surface area contributed by atoms with E-state index in [1.54, 1.807) is 12.1 Å². The number of aliphatic imine (C=N–C) groups is 1. The Morgan fingerprint density at radius 3 is 2.74 bits per heavy atom. The summed E-state index contributed by atoms with van der Waals surface area (Å²) in [6.07, 6.45) is 6.80. The maximum atomic E-state index is 11.6. The van der Waals surface area contributed by atoms with Gasteiger partial charge >= 0.3 is 5.97 Å². The highest BCUT2D eigenvalue weighted by Crippen LogP contribution is 2.26. The fourth-order valence-corrected chi connectivity index (χ4v) is 1.99. The zero-order valence-electron chi connectivity index (χ0n) is 11.4. The molecule has 0 atom stereocenters. The summed E-state index contributed by atoms with van der Waals surface area (Å²) in [4.78, 5) is 25.8. The highest BCUT2D eigenvalue weighted by atomic mass is 16.5. The lowest BCUT2D eigenvalue weighted by atomic mass is 10.0. The van der Waals surface area contributed by atoms with Crippen molar-refractivity contribution in [2.24, 2.45) is 4.99 Å². The Labute approximate surface area is 113 Å². The molecule has 0 heterocycles. The van der Waals surface area contributed by atoms with Crippen molar-refractivity contribution in [2.75, 3.05) is 7.11 Å². The third-order valence-corrected chi connectivity index (χ3v) is 2.98. The lowest BCUT2D eigenvalue weighted by Gasteiger charge is -2.08. The Kier molecular flexibility index (Phi) is 6.55. The van der Waals surface area contributed by atoms with E-state index in [0.29, 0.717) is 11.3 Å². The molecule has 0 N–H and O–H groups in total. The molecule has 1 aromatic carbocycles. The van der Waals surface area contributed by atoms with Gasteiger partial charge in [0, 0.05) is 0 Å². The number of hydrogen-bond acceptors (Lipinski definition) is 4. The van der Waals surface area contributed by atoms with Crippen LogP contribution < -0.4 is 0 Å². The van der Waals surface area contributed by atoms with E-state index < -0.39 is 5.97 Å². The minimum Gasteiger partial charge on any atom is -0.465 e. The van der Waals surface area contributed by atoms with Crippen molar-refractivity contribution in [3.05, 3.63) is 29.3 Å². The minimum absolute atomic E-state index is 0.318. The number of benzene rings is 1. The third-order valence-electron chi connectivity index (χ3n) is 2.98. The van der Waals surface area contributed by atoms with Crippen molar-refractivity contribution in [1.82, 2.24) is 0 Å². The zero-order valence-corrected chi connectivity index (χ0v) is 11.4. The average molecular weight is 261 g/mol. The molecule has 19 heavy (non-hydrogen) atoms. The Bertz CT molecular complexity index is 476. The Morgan fingerprint density at radius 2 is 2.11 bits per heavy atom. The van der Waals surface area contributed by atoms with Crippen LogP contribution in [0.15, 0.2) is 23.2 Å². The van der Waals surface area contributed by atoms with Gasteiger partial charge in [-0.2, -0.15) is 4.99 Å². The molecule has 0 unspecified atom stereocenters. The monoisotopic (exact) mass is 261 g/mol. The summed E-state index contributed by atoms with van der Waals surface area (Å²) in [5.74, 6) is -0.482.